The molecule has 0 unspecified atom stereocenters. The number of anilines is 1. The minimum atomic E-state index is 0.112. The molecule has 1 saturated carbocycles. The summed E-state index contributed by atoms with van der Waals surface area (Å²) in [4.78, 5) is 12.9. The molecule has 1 aromatic rings. The molecule has 1 heterocycles. The second-order valence-electron chi connectivity index (χ2n) is 4.36. The van der Waals surface area contributed by atoms with E-state index >= 15 is 0 Å². The van der Waals surface area contributed by atoms with Gasteiger partial charge in [0, 0.05) is 4.88 Å². The van der Waals surface area contributed by atoms with Crippen LogP contribution in [0.4, 0.5) is 5.00 Å². The molecule has 1 fully saturated rings. The topological polar surface area (TPSA) is 29.1 Å². The average molecular weight is 247 g/mol. The Bertz CT molecular complexity index is 491. The normalized spacial score (nSPS) is 14.1. The van der Waals surface area contributed by atoms with Crippen molar-refractivity contribution >= 4 is 28.2 Å². The standard InChI is InChI=1S/C14H17NOS/c1-4-15-14-13(10(3)16)9(2)12(17-14)8-11-6-5-7-11/h4,8,15H,1,5-7H2,2-3H3. The molecule has 0 amide bonds. The number of carbonyl (C=O) groups is 1. The van der Waals surface area contributed by atoms with E-state index < -0.39 is 0 Å². The molecule has 1 aliphatic carbocycles. The molecule has 0 atom stereocenters. The zero-order valence-electron chi connectivity index (χ0n) is 10.3. The SMILES string of the molecule is C=CNc1sc(C=C2CCC2)c(C)c1C(C)=O. The van der Waals surface area contributed by atoms with Crippen molar-refractivity contribution in [1.29, 1.82) is 0 Å². The minimum absolute atomic E-state index is 0.112. The predicted octanol–water partition coefficient (Wildman–Crippen LogP) is 4.38. The first kappa shape index (κ1) is 12.1. The molecule has 1 aliphatic rings. The van der Waals surface area contributed by atoms with E-state index in [1.54, 1.807) is 24.5 Å². The highest BCUT2D eigenvalue weighted by atomic mass is 32.1. The van der Waals surface area contributed by atoms with Gasteiger partial charge in [-0.25, -0.2) is 0 Å². The Labute approximate surface area is 106 Å². The van der Waals surface area contributed by atoms with Gasteiger partial charge in [0.15, 0.2) is 5.78 Å². The molecule has 0 aliphatic heterocycles. The van der Waals surface area contributed by atoms with Crippen LogP contribution in [0.25, 0.3) is 6.08 Å². The Morgan fingerprint density at radius 1 is 1.47 bits per heavy atom. The number of allylic oxidation sites excluding steroid dienone is 1. The molecule has 1 aromatic heterocycles. The van der Waals surface area contributed by atoms with Crippen LogP contribution in [-0.2, 0) is 0 Å². The van der Waals surface area contributed by atoms with Crippen LogP contribution in [0.3, 0.4) is 0 Å². The Balaban J connectivity index is 2.43. The Hall–Kier alpha value is -1.35. The van der Waals surface area contributed by atoms with Crippen LogP contribution in [0.2, 0.25) is 0 Å². The van der Waals surface area contributed by atoms with Gasteiger partial charge in [-0.05, 0) is 50.9 Å². The van der Waals surface area contributed by atoms with E-state index in [0.717, 1.165) is 16.1 Å². The Kier molecular flexibility index (Phi) is 3.48. The highest BCUT2D eigenvalue weighted by molar-refractivity contribution is 7.17. The third-order valence-electron chi connectivity index (χ3n) is 3.10. The molecular weight excluding hydrogens is 230 g/mol. The Morgan fingerprint density at radius 3 is 2.65 bits per heavy atom. The van der Waals surface area contributed by atoms with Crippen molar-refractivity contribution in [3.63, 3.8) is 0 Å². The summed E-state index contributed by atoms with van der Waals surface area (Å²) in [5, 5.41) is 3.97. The summed E-state index contributed by atoms with van der Waals surface area (Å²) in [6.45, 7) is 7.29. The van der Waals surface area contributed by atoms with Crippen LogP contribution in [0.5, 0.6) is 0 Å². The van der Waals surface area contributed by atoms with E-state index in [9.17, 15) is 4.79 Å². The molecule has 0 spiro atoms. The van der Waals surface area contributed by atoms with Gasteiger partial charge in [-0.3, -0.25) is 4.79 Å². The lowest BCUT2D eigenvalue weighted by atomic mass is 9.91. The lowest BCUT2D eigenvalue weighted by Crippen LogP contribution is -1.98. The smallest absolute Gasteiger partial charge is 0.163 e. The van der Waals surface area contributed by atoms with Crippen molar-refractivity contribution in [3.8, 4) is 0 Å². The van der Waals surface area contributed by atoms with Gasteiger partial charge in [-0.15, -0.1) is 11.3 Å². The van der Waals surface area contributed by atoms with Crippen LogP contribution in [0, 0.1) is 6.92 Å². The van der Waals surface area contributed by atoms with Crippen molar-refractivity contribution in [2.75, 3.05) is 5.32 Å². The van der Waals surface area contributed by atoms with E-state index in [1.807, 2.05) is 6.92 Å². The van der Waals surface area contributed by atoms with E-state index in [-0.39, 0.29) is 5.78 Å². The fraction of sp³-hybridized carbons (Fsp3) is 0.357. The zero-order chi connectivity index (χ0) is 12.4. The van der Waals surface area contributed by atoms with Crippen LogP contribution < -0.4 is 5.32 Å². The Morgan fingerprint density at radius 2 is 2.18 bits per heavy atom. The third kappa shape index (κ3) is 2.34. The molecule has 0 radical (unpaired) electrons. The van der Waals surface area contributed by atoms with Gasteiger partial charge in [0.05, 0.1) is 5.56 Å². The van der Waals surface area contributed by atoms with E-state index in [2.05, 4.69) is 18.0 Å². The first-order chi connectivity index (χ1) is 8.13. The summed E-state index contributed by atoms with van der Waals surface area (Å²) in [7, 11) is 0. The molecule has 17 heavy (non-hydrogen) atoms. The maximum atomic E-state index is 11.7. The van der Waals surface area contributed by atoms with E-state index in [1.165, 1.54) is 29.7 Å². The number of ketones is 1. The molecule has 0 bridgehead atoms. The molecule has 3 heteroatoms. The number of hydrogen-bond donors (Lipinski definition) is 1. The largest absolute Gasteiger partial charge is 0.354 e. The fourth-order valence-electron chi connectivity index (χ4n) is 2.00. The fourth-order valence-corrected chi connectivity index (χ4v) is 3.24. The van der Waals surface area contributed by atoms with Crippen molar-refractivity contribution in [1.82, 2.24) is 0 Å². The zero-order valence-corrected chi connectivity index (χ0v) is 11.1. The monoisotopic (exact) mass is 247 g/mol. The average Bonchev–Trinajstić information content (AvgIpc) is 2.50. The molecule has 90 valence electrons. The quantitative estimate of drug-likeness (QED) is 0.800. The lowest BCUT2D eigenvalue weighted by molar-refractivity contribution is 0.101. The highest BCUT2D eigenvalue weighted by Crippen LogP contribution is 2.37. The maximum Gasteiger partial charge on any atom is 0.163 e. The van der Waals surface area contributed by atoms with Crippen molar-refractivity contribution in [2.45, 2.75) is 33.1 Å². The summed E-state index contributed by atoms with van der Waals surface area (Å²) in [5.41, 5.74) is 3.39. The van der Waals surface area contributed by atoms with Crippen LogP contribution in [0.15, 0.2) is 18.4 Å². The van der Waals surface area contributed by atoms with Gasteiger partial charge in [0.2, 0.25) is 0 Å². The van der Waals surface area contributed by atoms with Crippen molar-refractivity contribution in [3.05, 3.63) is 34.4 Å². The molecule has 2 rings (SSSR count). The van der Waals surface area contributed by atoms with Gasteiger partial charge in [0.25, 0.3) is 0 Å². The second kappa shape index (κ2) is 4.88. The maximum absolute atomic E-state index is 11.7. The summed E-state index contributed by atoms with van der Waals surface area (Å²) in [6, 6.07) is 0. The van der Waals surface area contributed by atoms with Crippen molar-refractivity contribution < 1.29 is 4.79 Å². The first-order valence-electron chi connectivity index (χ1n) is 5.84. The number of rotatable bonds is 4. The summed E-state index contributed by atoms with van der Waals surface area (Å²) < 4.78 is 0. The number of carbonyl (C=O) groups excluding carboxylic acids is 1. The van der Waals surface area contributed by atoms with Gasteiger partial charge in [-0.1, -0.05) is 12.2 Å². The van der Waals surface area contributed by atoms with Crippen molar-refractivity contribution in [2.24, 2.45) is 0 Å². The molecule has 1 N–H and O–H groups in total. The first-order valence-corrected chi connectivity index (χ1v) is 6.66. The molecule has 0 saturated heterocycles. The second-order valence-corrected chi connectivity index (χ2v) is 5.41. The number of thiophene rings is 1. The van der Waals surface area contributed by atoms with Gasteiger partial charge >= 0.3 is 0 Å². The van der Waals surface area contributed by atoms with Gasteiger partial charge in [0.1, 0.15) is 5.00 Å². The summed E-state index contributed by atoms with van der Waals surface area (Å²) in [5.74, 6) is 0.112. The number of Topliss-reactive ketones (excluding diaryl/α,β-unsaturated/α-hetero) is 1. The summed E-state index contributed by atoms with van der Waals surface area (Å²) >= 11 is 1.64. The summed E-state index contributed by atoms with van der Waals surface area (Å²) in [6.07, 6.45) is 7.57. The lowest BCUT2D eigenvalue weighted by Gasteiger charge is -2.15. The van der Waals surface area contributed by atoms with Crippen LogP contribution in [0.1, 0.15) is 47.0 Å². The molecule has 2 nitrogen and oxygen atoms in total. The number of hydrogen-bond acceptors (Lipinski definition) is 3. The minimum Gasteiger partial charge on any atom is -0.354 e. The van der Waals surface area contributed by atoms with Gasteiger partial charge in [-0.2, -0.15) is 0 Å². The van der Waals surface area contributed by atoms with Crippen LogP contribution >= 0.6 is 11.3 Å². The van der Waals surface area contributed by atoms with Crippen LogP contribution in [-0.4, -0.2) is 5.78 Å². The predicted molar refractivity (Wildman–Crippen MR) is 74.7 cm³/mol. The van der Waals surface area contributed by atoms with E-state index in [0.29, 0.717) is 0 Å². The highest BCUT2D eigenvalue weighted by Gasteiger charge is 2.18. The molecule has 0 aromatic carbocycles. The number of nitrogens with one attached hydrogen (secondary N) is 1. The van der Waals surface area contributed by atoms with Gasteiger partial charge < -0.3 is 5.32 Å². The third-order valence-corrected chi connectivity index (χ3v) is 4.27. The van der Waals surface area contributed by atoms with E-state index in [4.69, 9.17) is 0 Å². The molecular formula is C14H17NOS.